The zero-order valence-electron chi connectivity index (χ0n) is 11.1. The van der Waals surface area contributed by atoms with Crippen LogP contribution in [-0.2, 0) is 19.5 Å². The Morgan fingerprint density at radius 1 is 1.37 bits per heavy atom. The van der Waals surface area contributed by atoms with Crippen molar-refractivity contribution >= 4 is 5.69 Å². The lowest BCUT2D eigenvalue weighted by atomic mass is 10.0. The van der Waals surface area contributed by atoms with Crippen LogP contribution in [0.2, 0.25) is 0 Å². The van der Waals surface area contributed by atoms with Gasteiger partial charge < -0.3 is 5.73 Å². The zero-order valence-corrected chi connectivity index (χ0v) is 11.1. The van der Waals surface area contributed by atoms with Gasteiger partial charge in [-0.15, -0.1) is 0 Å². The first-order chi connectivity index (χ1) is 9.22. The van der Waals surface area contributed by atoms with Gasteiger partial charge in [0.2, 0.25) is 0 Å². The van der Waals surface area contributed by atoms with E-state index in [0.717, 1.165) is 37.4 Å². The smallest absolute Gasteiger partial charge is 0.0481 e. The molecule has 0 fully saturated rings. The Kier molecular flexibility index (Phi) is 3.17. The van der Waals surface area contributed by atoms with Crippen LogP contribution in [0.1, 0.15) is 22.4 Å². The molecule has 3 heterocycles. The molecule has 0 spiro atoms. The summed E-state index contributed by atoms with van der Waals surface area (Å²) < 4.78 is 0. The molecule has 2 aromatic heterocycles. The van der Waals surface area contributed by atoms with Gasteiger partial charge in [0.15, 0.2) is 0 Å². The van der Waals surface area contributed by atoms with Gasteiger partial charge in [-0.25, -0.2) is 0 Å². The molecule has 0 atom stereocenters. The molecule has 4 nitrogen and oxygen atoms in total. The molecule has 0 aromatic carbocycles. The number of nitrogen functional groups attached to an aromatic ring is 1. The molecule has 2 aromatic rings. The average molecular weight is 254 g/mol. The van der Waals surface area contributed by atoms with E-state index in [9.17, 15) is 0 Å². The Morgan fingerprint density at radius 2 is 2.26 bits per heavy atom. The maximum atomic E-state index is 6.04. The third-order valence-corrected chi connectivity index (χ3v) is 3.57. The van der Waals surface area contributed by atoms with Crippen LogP contribution in [0.15, 0.2) is 30.7 Å². The number of nitrogens with two attached hydrogens (primary N) is 1. The first-order valence-corrected chi connectivity index (χ1v) is 6.57. The fraction of sp³-hybridized carbons (Fsp3) is 0.333. The number of anilines is 1. The van der Waals surface area contributed by atoms with E-state index in [2.05, 4.69) is 27.9 Å². The molecule has 0 aliphatic carbocycles. The summed E-state index contributed by atoms with van der Waals surface area (Å²) in [5.74, 6) is 0. The van der Waals surface area contributed by atoms with Gasteiger partial charge in [-0.05, 0) is 24.1 Å². The first-order valence-electron chi connectivity index (χ1n) is 6.57. The van der Waals surface area contributed by atoms with E-state index < -0.39 is 0 Å². The largest absolute Gasteiger partial charge is 0.398 e. The lowest BCUT2D eigenvalue weighted by Gasteiger charge is -2.28. The van der Waals surface area contributed by atoms with Crippen LogP contribution in [0.5, 0.6) is 0 Å². The van der Waals surface area contributed by atoms with Crippen molar-refractivity contribution in [2.24, 2.45) is 0 Å². The summed E-state index contributed by atoms with van der Waals surface area (Å²) >= 11 is 0. The van der Waals surface area contributed by atoms with Crippen LogP contribution in [0.4, 0.5) is 5.69 Å². The Morgan fingerprint density at radius 3 is 3.11 bits per heavy atom. The number of hydrogen-bond acceptors (Lipinski definition) is 4. The first kappa shape index (κ1) is 12.1. The predicted octanol–water partition coefficient (Wildman–Crippen LogP) is 1.93. The Labute approximate surface area is 113 Å². The third-order valence-electron chi connectivity index (χ3n) is 3.57. The monoisotopic (exact) mass is 254 g/mol. The van der Waals surface area contributed by atoms with Gasteiger partial charge in [0.05, 0.1) is 0 Å². The summed E-state index contributed by atoms with van der Waals surface area (Å²) in [6.07, 6.45) is 6.60. The van der Waals surface area contributed by atoms with Crippen LogP contribution in [-0.4, -0.2) is 21.4 Å². The number of rotatable bonds is 2. The van der Waals surface area contributed by atoms with Crippen molar-refractivity contribution in [1.82, 2.24) is 14.9 Å². The summed E-state index contributed by atoms with van der Waals surface area (Å²) in [4.78, 5) is 11.1. The minimum absolute atomic E-state index is 0.858. The van der Waals surface area contributed by atoms with Crippen LogP contribution in [0, 0.1) is 6.92 Å². The summed E-state index contributed by atoms with van der Waals surface area (Å²) in [7, 11) is 0. The number of nitrogens with zero attached hydrogens (tertiary/aromatic N) is 3. The van der Waals surface area contributed by atoms with Crippen molar-refractivity contribution < 1.29 is 0 Å². The van der Waals surface area contributed by atoms with E-state index in [0.29, 0.717) is 0 Å². The molecule has 0 radical (unpaired) electrons. The van der Waals surface area contributed by atoms with E-state index in [-0.39, 0.29) is 0 Å². The number of hydrogen-bond donors (Lipinski definition) is 1. The molecule has 0 amide bonds. The van der Waals surface area contributed by atoms with Crippen LogP contribution < -0.4 is 5.73 Å². The van der Waals surface area contributed by atoms with E-state index >= 15 is 0 Å². The summed E-state index contributed by atoms with van der Waals surface area (Å²) in [6.45, 7) is 4.90. The van der Waals surface area contributed by atoms with Crippen LogP contribution in [0.3, 0.4) is 0 Å². The molecule has 19 heavy (non-hydrogen) atoms. The highest BCUT2D eigenvalue weighted by Crippen LogP contribution is 2.23. The second kappa shape index (κ2) is 4.97. The van der Waals surface area contributed by atoms with Crippen molar-refractivity contribution in [1.29, 1.82) is 0 Å². The van der Waals surface area contributed by atoms with Crippen LogP contribution in [0.25, 0.3) is 0 Å². The standard InChI is InChI=1S/C15H18N4/c1-11-6-12(8-17-7-11)9-19-5-3-15-13(10-19)14(16)2-4-18-15/h2,4,6-8H,3,5,9-10H2,1H3,(H2,16,18). The van der Waals surface area contributed by atoms with Gasteiger partial charge in [-0.3, -0.25) is 14.9 Å². The molecule has 1 aliphatic heterocycles. The predicted molar refractivity (Wildman–Crippen MR) is 75.4 cm³/mol. The molecule has 0 saturated heterocycles. The summed E-state index contributed by atoms with van der Waals surface area (Å²) in [5, 5.41) is 0. The highest BCUT2D eigenvalue weighted by molar-refractivity contribution is 5.48. The Balaban J connectivity index is 1.77. The van der Waals surface area contributed by atoms with Crippen LogP contribution >= 0.6 is 0 Å². The quantitative estimate of drug-likeness (QED) is 0.889. The molecular formula is C15H18N4. The minimum Gasteiger partial charge on any atom is -0.398 e. The maximum absolute atomic E-state index is 6.04. The highest BCUT2D eigenvalue weighted by Gasteiger charge is 2.19. The van der Waals surface area contributed by atoms with Gasteiger partial charge >= 0.3 is 0 Å². The number of aromatic nitrogens is 2. The van der Waals surface area contributed by atoms with Crippen molar-refractivity contribution in [3.8, 4) is 0 Å². The van der Waals surface area contributed by atoms with Gasteiger partial charge in [-0.2, -0.15) is 0 Å². The topological polar surface area (TPSA) is 55.0 Å². The molecule has 0 unspecified atom stereocenters. The van der Waals surface area contributed by atoms with E-state index in [4.69, 9.17) is 5.73 Å². The fourth-order valence-corrected chi connectivity index (χ4v) is 2.61. The number of pyridine rings is 2. The molecule has 0 saturated carbocycles. The van der Waals surface area contributed by atoms with Crippen molar-refractivity contribution in [3.63, 3.8) is 0 Å². The fourth-order valence-electron chi connectivity index (χ4n) is 2.61. The van der Waals surface area contributed by atoms with Crippen molar-refractivity contribution in [2.75, 3.05) is 12.3 Å². The highest BCUT2D eigenvalue weighted by atomic mass is 15.1. The number of fused-ring (bicyclic) bond motifs is 1. The average Bonchev–Trinajstić information content (AvgIpc) is 2.40. The van der Waals surface area contributed by atoms with Gasteiger partial charge in [0.25, 0.3) is 0 Å². The van der Waals surface area contributed by atoms with Gasteiger partial charge in [-0.1, -0.05) is 6.07 Å². The Hall–Kier alpha value is -1.94. The molecule has 4 heteroatoms. The summed E-state index contributed by atoms with van der Waals surface area (Å²) in [5.41, 5.74) is 11.7. The molecule has 3 rings (SSSR count). The Bertz CT molecular complexity index is 594. The summed E-state index contributed by atoms with van der Waals surface area (Å²) in [6, 6.07) is 4.08. The van der Waals surface area contributed by atoms with Crippen molar-refractivity contribution in [3.05, 3.63) is 53.1 Å². The molecular weight excluding hydrogens is 236 g/mol. The molecule has 0 bridgehead atoms. The van der Waals surface area contributed by atoms with E-state index in [1.165, 1.54) is 16.7 Å². The molecule has 2 N–H and O–H groups in total. The lowest BCUT2D eigenvalue weighted by Crippen LogP contribution is -2.31. The van der Waals surface area contributed by atoms with E-state index in [1.807, 2.05) is 18.5 Å². The SMILES string of the molecule is Cc1cncc(CN2CCc3nccc(N)c3C2)c1. The second-order valence-corrected chi connectivity index (χ2v) is 5.16. The van der Waals surface area contributed by atoms with Gasteiger partial charge in [0.1, 0.15) is 0 Å². The molecule has 1 aliphatic rings. The zero-order chi connectivity index (χ0) is 13.2. The van der Waals surface area contributed by atoms with Crippen molar-refractivity contribution in [2.45, 2.75) is 26.4 Å². The minimum atomic E-state index is 0.858. The molecule has 98 valence electrons. The third kappa shape index (κ3) is 2.58. The number of aryl methyl sites for hydroxylation is 1. The van der Waals surface area contributed by atoms with Gasteiger partial charge in [0, 0.05) is 61.6 Å². The van der Waals surface area contributed by atoms with E-state index in [1.54, 1.807) is 6.20 Å². The second-order valence-electron chi connectivity index (χ2n) is 5.16. The normalized spacial score (nSPS) is 15.2. The lowest BCUT2D eigenvalue weighted by molar-refractivity contribution is 0.243. The maximum Gasteiger partial charge on any atom is 0.0481 e.